The fourth-order valence-electron chi connectivity index (χ4n) is 4.42. The van der Waals surface area contributed by atoms with Crippen molar-refractivity contribution in [3.05, 3.63) is 63.7 Å². The summed E-state index contributed by atoms with van der Waals surface area (Å²) < 4.78 is 5.45. The molecular formula is C30H42ClN3O4S. The van der Waals surface area contributed by atoms with E-state index in [4.69, 9.17) is 16.3 Å². The molecule has 0 saturated carbocycles. The number of nitrogens with one attached hydrogen (secondary N) is 2. The molecule has 2 unspecified atom stereocenters. The molecule has 9 heteroatoms. The lowest BCUT2D eigenvalue weighted by molar-refractivity contribution is -0.140. The second-order valence-corrected chi connectivity index (χ2v) is 12.0. The van der Waals surface area contributed by atoms with Crippen LogP contribution in [-0.2, 0) is 14.3 Å². The van der Waals surface area contributed by atoms with E-state index >= 15 is 0 Å². The van der Waals surface area contributed by atoms with Crippen LogP contribution in [-0.4, -0.2) is 53.0 Å². The third kappa shape index (κ3) is 9.17. The van der Waals surface area contributed by atoms with Crippen LogP contribution in [0.5, 0.6) is 0 Å². The van der Waals surface area contributed by atoms with Crippen molar-refractivity contribution in [2.75, 3.05) is 23.9 Å². The van der Waals surface area contributed by atoms with E-state index in [1.807, 2.05) is 64.3 Å². The molecule has 0 aromatic heterocycles. The first-order chi connectivity index (χ1) is 18.3. The maximum Gasteiger partial charge on any atom is 0.408 e. The van der Waals surface area contributed by atoms with Gasteiger partial charge in [-0.3, -0.25) is 9.59 Å². The van der Waals surface area contributed by atoms with Gasteiger partial charge in [-0.1, -0.05) is 48.9 Å². The Kier molecular flexibility index (Phi) is 12.2. The van der Waals surface area contributed by atoms with Crippen LogP contribution in [0.25, 0.3) is 0 Å². The lowest BCUT2D eigenvalue weighted by Gasteiger charge is -2.35. The predicted octanol–water partition coefficient (Wildman–Crippen LogP) is 6.83. The number of rotatable bonds is 11. The SMILES string of the molecule is CCCN(C(=O)C(CCSC)NC(=O)OC(C)(C)C)C(C(=O)Nc1c(C)cccc1Cl)c1c(C)cccc1C. The fourth-order valence-corrected chi connectivity index (χ4v) is 5.16. The van der Waals surface area contributed by atoms with E-state index in [0.29, 0.717) is 35.8 Å². The zero-order valence-electron chi connectivity index (χ0n) is 24.3. The number of anilines is 1. The number of carbonyl (C=O) groups excluding carboxylic acids is 3. The minimum Gasteiger partial charge on any atom is -0.444 e. The Morgan fingerprint density at radius 2 is 1.62 bits per heavy atom. The Bertz CT molecular complexity index is 1120. The smallest absolute Gasteiger partial charge is 0.408 e. The van der Waals surface area contributed by atoms with Crippen molar-refractivity contribution < 1.29 is 19.1 Å². The van der Waals surface area contributed by atoms with Gasteiger partial charge in [0.25, 0.3) is 5.91 Å². The summed E-state index contributed by atoms with van der Waals surface area (Å²) in [6.45, 7) is 13.3. The van der Waals surface area contributed by atoms with E-state index in [-0.39, 0.29) is 11.8 Å². The Morgan fingerprint density at radius 3 is 2.15 bits per heavy atom. The van der Waals surface area contributed by atoms with Crippen molar-refractivity contribution in [1.29, 1.82) is 0 Å². The maximum absolute atomic E-state index is 14.2. The lowest BCUT2D eigenvalue weighted by atomic mass is 9.93. The van der Waals surface area contributed by atoms with Crippen molar-refractivity contribution in [3.63, 3.8) is 0 Å². The fraction of sp³-hybridized carbons (Fsp3) is 0.500. The molecule has 0 aliphatic rings. The lowest BCUT2D eigenvalue weighted by Crippen LogP contribution is -2.53. The number of benzene rings is 2. The quantitative estimate of drug-likeness (QED) is 0.306. The van der Waals surface area contributed by atoms with Crippen LogP contribution in [0.15, 0.2) is 36.4 Å². The van der Waals surface area contributed by atoms with Crippen LogP contribution in [0.1, 0.15) is 68.8 Å². The molecule has 39 heavy (non-hydrogen) atoms. The first-order valence-corrected chi connectivity index (χ1v) is 15.0. The molecule has 0 bridgehead atoms. The number of amides is 3. The molecule has 0 aliphatic heterocycles. The normalized spacial score (nSPS) is 12.8. The van der Waals surface area contributed by atoms with E-state index in [2.05, 4.69) is 10.6 Å². The molecule has 2 N–H and O–H groups in total. The summed E-state index contributed by atoms with van der Waals surface area (Å²) in [6.07, 6.45) is 2.29. The number of para-hydroxylation sites is 1. The van der Waals surface area contributed by atoms with Gasteiger partial charge in [-0.25, -0.2) is 4.79 Å². The number of hydrogen-bond donors (Lipinski definition) is 2. The largest absolute Gasteiger partial charge is 0.444 e. The van der Waals surface area contributed by atoms with Gasteiger partial charge in [0.15, 0.2) is 0 Å². The highest BCUT2D eigenvalue weighted by atomic mass is 35.5. The second-order valence-electron chi connectivity index (χ2n) is 10.6. The highest BCUT2D eigenvalue weighted by Crippen LogP contribution is 2.32. The van der Waals surface area contributed by atoms with E-state index in [0.717, 1.165) is 22.3 Å². The summed E-state index contributed by atoms with van der Waals surface area (Å²) in [5, 5.41) is 6.19. The number of hydrogen-bond acceptors (Lipinski definition) is 5. The topological polar surface area (TPSA) is 87.7 Å². The van der Waals surface area contributed by atoms with E-state index in [1.165, 1.54) is 0 Å². The molecule has 7 nitrogen and oxygen atoms in total. The summed E-state index contributed by atoms with van der Waals surface area (Å²) in [5.74, 6) is -0.0626. The van der Waals surface area contributed by atoms with Gasteiger partial charge < -0.3 is 20.3 Å². The van der Waals surface area contributed by atoms with E-state index in [1.54, 1.807) is 43.5 Å². The Labute approximate surface area is 242 Å². The summed E-state index contributed by atoms with van der Waals surface area (Å²) in [4.78, 5) is 42.6. The highest BCUT2D eigenvalue weighted by molar-refractivity contribution is 7.98. The van der Waals surface area contributed by atoms with E-state index in [9.17, 15) is 14.4 Å². The van der Waals surface area contributed by atoms with Crippen molar-refractivity contribution in [3.8, 4) is 0 Å². The van der Waals surface area contributed by atoms with Gasteiger partial charge >= 0.3 is 6.09 Å². The summed E-state index contributed by atoms with van der Waals surface area (Å²) in [5.41, 5.74) is 3.14. The predicted molar refractivity (Wildman–Crippen MR) is 162 cm³/mol. The van der Waals surface area contributed by atoms with Gasteiger partial charge in [0.1, 0.15) is 17.7 Å². The molecule has 2 aromatic carbocycles. The van der Waals surface area contributed by atoms with Gasteiger partial charge in [-0.15, -0.1) is 0 Å². The van der Waals surface area contributed by atoms with Gasteiger partial charge in [0.05, 0.1) is 10.7 Å². The minimum atomic E-state index is -0.938. The standard InChI is InChI=1S/C30H42ClN3O4S/c1-9-17-34(28(36)23(16-18-39-8)32-29(37)38-30(5,6)7)26(24-19(2)12-10-13-20(24)3)27(35)33-25-21(4)14-11-15-22(25)31/h10-15,23,26H,9,16-18H2,1-8H3,(H,32,37)(H,33,35). The zero-order chi connectivity index (χ0) is 29.3. The van der Waals surface area contributed by atoms with E-state index < -0.39 is 23.8 Å². The average Bonchev–Trinajstić information content (AvgIpc) is 2.83. The molecule has 0 saturated heterocycles. The molecule has 2 atom stereocenters. The van der Waals surface area contributed by atoms with Crippen LogP contribution in [0.4, 0.5) is 10.5 Å². The van der Waals surface area contributed by atoms with Crippen LogP contribution in [0, 0.1) is 20.8 Å². The number of thioether (sulfide) groups is 1. The number of carbonyl (C=O) groups is 3. The maximum atomic E-state index is 14.2. The number of halogens is 1. The Hall–Kier alpha value is -2.71. The van der Waals surface area contributed by atoms with Gasteiger partial charge in [0, 0.05) is 6.54 Å². The summed E-state index contributed by atoms with van der Waals surface area (Å²) in [7, 11) is 0. The number of aryl methyl sites for hydroxylation is 3. The summed E-state index contributed by atoms with van der Waals surface area (Å²) >= 11 is 8.03. The minimum absolute atomic E-state index is 0.317. The summed E-state index contributed by atoms with van der Waals surface area (Å²) in [6, 6.07) is 9.40. The number of nitrogens with zero attached hydrogens (tertiary/aromatic N) is 1. The van der Waals surface area contributed by atoms with Gasteiger partial charge in [0.2, 0.25) is 5.91 Å². The molecular weight excluding hydrogens is 534 g/mol. The van der Waals surface area contributed by atoms with Crippen LogP contribution in [0.3, 0.4) is 0 Å². The number of alkyl carbamates (subject to hydrolysis) is 1. The van der Waals surface area contributed by atoms with Crippen molar-refractivity contribution in [1.82, 2.24) is 10.2 Å². The molecule has 0 heterocycles. The van der Waals surface area contributed by atoms with Crippen molar-refractivity contribution in [2.45, 2.75) is 79.0 Å². The van der Waals surface area contributed by atoms with Gasteiger partial charge in [-0.2, -0.15) is 11.8 Å². The molecule has 2 aromatic rings. The highest BCUT2D eigenvalue weighted by Gasteiger charge is 2.37. The Morgan fingerprint density at radius 1 is 1.03 bits per heavy atom. The third-order valence-corrected chi connectivity index (χ3v) is 7.15. The molecule has 0 radical (unpaired) electrons. The second kappa shape index (κ2) is 14.6. The van der Waals surface area contributed by atoms with Crippen LogP contribution < -0.4 is 10.6 Å². The molecule has 0 aliphatic carbocycles. The average molecular weight is 576 g/mol. The first kappa shape index (κ1) is 32.5. The molecule has 214 valence electrons. The third-order valence-electron chi connectivity index (χ3n) is 6.19. The zero-order valence-corrected chi connectivity index (χ0v) is 25.9. The molecule has 2 rings (SSSR count). The van der Waals surface area contributed by atoms with Gasteiger partial charge in [-0.05, 0) is 94.7 Å². The van der Waals surface area contributed by atoms with Crippen molar-refractivity contribution >= 4 is 47.0 Å². The number of ether oxygens (including phenoxy) is 1. The van der Waals surface area contributed by atoms with Crippen molar-refractivity contribution in [2.24, 2.45) is 0 Å². The molecule has 0 spiro atoms. The Balaban J connectivity index is 2.59. The molecule has 3 amide bonds. The first-order valence-electron chi connectivity index (χ1n) is 13.2. The monoisotopic (exact) mass is 575 g/mol. The van der Waals surface area contributed by atoms with Crippen LogP contribution >= 0.6 is 23.4 Å². The van der Waals surface area contributed by atoms with Crippen LogP contribution in [0.2, 0.25) is 5.02 Å². The molecule has 0 fully saturated rings.